The minimum Gasteiger partial charge on any atom is -0.460 e. The summed E-state index contributed by atoms with van der Waals surface area (Å²) in [7, 11) is 0. The predicted molar refractivity (Wildman–Crippen MR) is 72.2 cm³/mol. The molecule has 0 aromatic carbocycles. The highest BCUT2D eigenvalue weighted by atomic mass is 16.7. The van der Waals surface area contributed by atoms with Crippen molar-refractivity contribution in [1.29, 1.82) is 0 Å². The first-order valence-electron chi connectivity index (χ1n) is 6.36. The van der Waals surface area contributed by atoms with Gasteiger partial charge in [-0.05, 0) is 20.8 Å². The molecule has 7 heteroatoms. The zero-order chi connectivity index (χ0) is 15.4. The van der Waals surface area contributed by atoms with Gasteiger partial charge in [-0.1, -0.05) is 6.58 Å². The zero-order valence-corrected chi connectivity index (χ0v) is 12.3. The Kier molecular flexibility index (Phi) is 10.3. The zero-order valence-electron chi connectivity index (χ0n) is 12.3. The molecule has 0 heterocycles. The second-order valence-corrected chi connectivity index (χ2v) is 4.22. The third kappa shape index (κ3) is 11.5. The van der Waals surface area contributed by atoms with Crippen LogP contribution in [0.2, 0.25) is 0 Å². The van der Waals surface area contributed by atoms with Crippen LogP contribution >= 0.6 is 0 Å². The monoisotopic (exact) mass is 289 g/mol. The highest BCUT2D eigenvalue weighted by molar-refractivity contribution is 5.86. The molecule has 7 nitrogen and oxygen atoms in total. The van der Waals surface area contributed by atoms with Gasteiger partial charge < -0.3 is 24.3 Å². The third-order valence-electron chi connectivity index (χ3n) is 1.90. The molecular weight excluding hydrogens is 266 g/mol. The van der Waals surface area contributed by atoms with Crippen molar-refractivity contribution in [2.75, 3.05) is 33.2 Å². The van der Waals surface area contributed by atoms with Crippen molar-refractivity contribution in [3.63, 3.8) is 0 Å². The smallest absolute Gasteiger partial charge is 0.407 e. The van der Waals surface area contributed by atoms with E-state index in [9.17, 15) is 9.59 Å². The van der Waals surface area contributed by atoms with Gasteiger partial charge in [-0.15, -0.1) is 0 Å². The summed E-state index contributed by atoms with van der Waals surface area (Å²) in [5, 5.41) is 2.43. The normalized spacial score (nSPS) is 10.2. The van der Waals surface area contributed by atoms with Crippen molar-refractivity contribution in [3.8, 4) is 0 Å². The molecule has 20 heavy (non-hydrogen) atoms. The quantitative estimate of drug-likeness (QED) is 0.282. The average Bonchev–Trinajstić information content (AvgIpc) is 2.37. The number of amides is 1. The van der Waals surface area contributed by atoms with E-state index in [1.54, 1.807) is 6.92 Å². The van der Waals surface area contributed by atoms with Crippen LogP contribution in [0.15, 0.2) is 12.2 Å². The fraction of sp³-hybridized carbons (Fsp3) is 0.692. The van der Waals surface area contributed by atoms with Crippen LogP contribution < -0.4 is 5.32 Å². The second kappa shape index (κ2) is 11.2. The molecule has 0 aromatic rings. The topological polar surface area (TPSA) is 83.1 Å². The molecule has 0 radical (unpaired) electrons. The van der Waals surface area contributed by atoms with Gasteiger partial charge >= 0.3 is 12.1 Å². The van der Waals surface area contributed by atoms with Crippen LogP contribution in [0.4, 0.5) is 4.79 Å². The molecule has 0 spiro atoms. The molecule has 0 aliphatic heterocycles. The molecule has 0 aliphatic rings. The van der Waals surface area contributed by atoms with Gasteiger partial charge in [0.15, 0.2) is 0 Å². The van der Waals surface area contributed by atoms with E-state index in [4.69, 9.17) is 18.9 Å². The minimum atomic E-state index is -0.593. The number of hydrogen-bond acceptors (Lipinski definition) is 6. The van der Waals surface area contributed by atoms with E-state index in [-0.39, 0.29) is 39.3 Å². The van der Waals surface area contributed by atoms with Gasteiger partial charge in [-0.3, -0.25) is 0 Å². The fourth-order valence-electron chi connectivity index (χ4n) is 0.907. The molecule has 0 aromatic heterocycles. The summed E-state index contributed by atoms with van der Waals surface area (Å²) in [5.41, 5.74) is 0.313. The Morgan fingerprint density at radius 2 is 1.85 bits per heavy atom. The molecule has 0 atom stereocenters. The highest BCUT2D eigenvalue weighted by Gasteiger charge is 2.04. The maximum atomic E-state index is 11.2. The van der Waals surface area contributed by atoms with Gasteiger partial charge in [-0.25, -0.2) is 9.59 Å². The van der Waals surface area contributed by atoms with E-state index in [1.165, 1.54) is 0 Å². The van der Waals surface area contributed by atoms with E-state index < -0.39 is 12.1 Å². The number of nitrogens with one attached hydrogen (secondary N) is 1. The first-order chi connectivity index (χ1) is 9.43. The number of carbonyl (C=O) groups is 2. The molecule has 0 aliphatic carbocycles. The number of alkyl carbamates (subject to hydrolysis) is 1. The van der Waals surface area contributed by atoms with Gasteiger partial charge in [0.2, 0.25) is 0 Å². The molecule has 0 fully saturated rings. The standard InChI is InChI=1S/C13H23NO6/c1-10(2)12(15)18-6-5-14-13(16)19-8-7-17-9-20-11(3)4/h11H,1,5-9H2,2-4H3,(H,14,16). The van der Waals surface area contributed by atoms with E-state index in [2.05, 4.69) is 11.9 Å². The van der Waals surface area contributed by atoms with Crippen LogP contribution in [0, 0.1) is 0 Å². The van der Waals surface area contributed by atoms with Crippen LogP contribution in [-0.4, -0.2) is 51.3 Å². The van der Waals surface area contributed by atoms with Crippen LogP contribution in [-0.2, 0) is 23.7 Å². The van der Waals surface area contributed by atoms with Crippen molar-refractivity contribution in [1.82, 2.24) is 5.32 Å². The highest BCUT2D eigenvalue weighted by Crippen LogP contribution is 1.91. The Morgan fingerprint density at radius 3 is 2.45 bits per heavy atom. The maximum Gasteiger partial charge on any atom is 0.407 e. The SMILES string of the molecule is C=C(C)C(=O)OCCNC(=O)OCCOCOC(C)C. The average molecular weight is 289 g/mol. The third-order valence-corrected chi connectivity index (χ3v) is 1.90. The molecular formula is C13H23NO6. The summed E-state index contributed by atoms with van der Waals surface area (Å²) in [6.45, 7) is 9.57. The molecule has 116 valence electrons. The van der Waals surface area contributed by atoms with E-state index in [1.807, 2.05) is 13.8 Å². The Bertz CT molecular complexity index is 316. The van der Waals surface area contributed by atoms with Crippen molar-refractivity contribution < 1.29 is 28.5 Å². The van der Waals surface area contributed by atoms with E-state index in [0.717, 1.165) is 0 Å². The van der Waals surface area contributed by atoms with Crippen LogP contribution in [0.25, 0.3) is 0 Å². The van der Waals surface area contributed by atoms with Gasteiger partial charge in [-0.2, -0.15) is 0 Å². The Morgan fingerprint density at radius 1 is 1.15 bits per heavy atom. The van der Waals surface area contributed by atoms with E-state index in [0.29, 0.717) is 5.57 Å². The molecule has 0 rings (SSSR count). The Hall–Kier alpha value is -1.60. The number of hydrogen-bond donors (Lipinski definition) is 1. The van der Waals surface area contributed by atoms with Crippen molar-refractivity contribution in [2.45, 2.75) is 26.9 Å². The lowest BCUT2D eigenvalue weighted by Crippen LogP contribution is -2.29. The van der Waals surface area contributed by atoms with Crippen molar-refractivity contribution in [2.24, 2.45) is 0 Å². The summed E-state index contributed by atoms with van der Waals surface area (Å²) in [6.07, 6.45) is -0.495. The maximum absolute atomic E-state index is 11.2. The molecule has 1 amide bonds. The summed E-state index contributed by atoms with van der Waals surface area (Å²) in [4.78, 5) is 22.2. The number of rotatable bonds is 10. The number of ether oxygens (including phenoxy) is 4. The van der Waals surface area contributed by atoms with Gasteiger partial charge in [0, 0.05) is 5.57 Å². The Balaban J connectivity index is 3.37. The molecule has 1 N–H and O–H groups in total. The number of esters is 1. The van der Waals surface area contributed by atoms with E-state index >= 15 is 0 Å². The second-order valence-electron chi connectivity index (χ2n) is 4.22. The number of carbonyl (C=O) groups excluding carboxylic acids is 2. The Labute approximate surface area is 119 Å². The minimum absolute atomic E-state index is 0.0690. The summed E-state index contributed by atoms with van der Waals surface area (Å²) in [6, 6.07) is 0. The molecule has 0 saturated carbocycles. The molecule has 0 bridgehead atoms. The van der Waals surface area contributed by atoms with Gasteiger partial charge in [0.05, 0.1) is 19.3 Å². The molecule has 0 saturated heterocycles. The van der Waals surface area contributed by atoms with Gasteiger partial charge in [0.1, 0.15) is 20.0 Å². The van der Waals surface area contributed by atoms with Crippen molar-refractivity contribution in [3.05, 3.63) is 12.2 Å². The van der Waals surface area contributed by atoms with Crippen LogP contribution in [0.5, 0.6) is 0 Å². The first kappa shape index (κ1) is 18.4. The lowest BCUT2D eigenvalue weighted by Gasteiger charge is -2.09. The first-order valence-corrected chi connectivity index (χ1v) is 6.36. The largest absolute Gasteiger partial charge is 0.460 e. The molecule has 0 unspecified atom stereocenters. The predicted octanol–water partition coefficient (Wildman–Crippen LogP) is 1.23. The fourth-order valence-corrected chi connectivity index (χ4v) is 0.907. The van der Waals surface area contributed by atoms with Gasteiger partial charge in [0.25, 0.3) is 0 Å². The van der Waals surface area contributed by atoms with Crippen molar-refractivity contribution >= 4 is 12.1 Å². The van der Waals surface area contributed by atoms with Crippen LogP contribution in [0.3, 0.4) is 0 Å². The van der Waals surface area contributed by atoms with Crippen LogP contribution in [0.1, 0.15) is 20.8 Å². The summed E-state index contributed by atoms with van der Waals surface area (Å²) < 4.78 is 19.8. The lowest BCUT2D eigenvalue weighted by atomic mass is 10.4. The lowest BCUT2D eigenvalue weighted by molar-refractivity contribution is -0.138. The summed E-state index contributed by atoms with van der Waals surface area (Å²) in [5.74, 6) is -0.487. The summed E-state index contributed by atoms with van der Waals surface area (Å²) >= 11 is 0.